The number of alkyl halides is 2. The highest BCUT2D eigenvalue weighted by molar-refractivity contribution is 6.15. The number of nitrogens with zero attached hydrogens (tertiary/aromatic N) is 1. The molecule has 0 saturated carbocycles. The smallest absolute Gasteiger partial charge is 0.275 e. The SMILES string of the molecule is CNC(=O)C=C1c2ccccc2N(C2C=CC(C(=O)Nc3ccccc3)=C(c3ccccc3)C2=C=O)CCC1(F)F. The van der Waals surface area contributed by atoms with Gasteiger partial charge in [0.1, 0.15) is 5.94 Å². The zero-order valence-corrected chi connectivity index (χ0v) is 22.2. The number of amides is 2. The molecule has 0 aromatic heterocycles. The first kappa shape index (κ1) is 27.5. The number of nitrogens with one attached hydrogen (secondary N) is 2. The van der Waals surface area contributed by atoms with Gasteiger partial charge in [-0.2, -0.15) is 0 Å². The third kappa shape index (κ3) is 5.51. The lowest BCUT2D eigenvalue weighted by atomic mass is 9.84. The Morgan fingerprint density at radius 1 is 0.976 bits per heavy atom. The molecule has 5 rings (SSSR count). The van der Waals surface area contributed by atoms with Crippen molar-refractivity contribution in [2.24, 2.45) is 0 Å². The minimum atomic E-state index is -3.31. The fourth-order valence-electron chi connectivity index (χ4n) is 5.20. The van der Waals surface area contributed by atoms with Crippen LogP contribution in [0.25, 0.3) is 11.1 Å². The Kier molecular flexibility index (Phi) is 7.77. The molecule has 2 N–H and O–H groups in total. The van der Waals surface area contributed by atoms with Crippen LogP contribution in [-0.2, 0) is 14.4 Å². The largest absolute Gasteiger partial charge is 0.359 e. The van der Waals surface area contributed by atoms with Crippen molar-refractivity contribution < 1.29 is 23.2 Å². The van der Waals surface area contributed by atoms with Crippen molar-refractivity contribution in [2.45, 2.75) is 18.4 Å². The van der Waals surface area contributed by atoms with E-state index in [-0.39, 0.29) is 23.3 Å². The first-order valence-electron chi connectivity index (χ1n) is 13.1. The van der Waals surface area contributed by atoms with E-state index in [1.165, 1.54) is 7.05 Å². The van der Waals surface area contributed by atoms with Crippen LogP contribution in [0.4, 0.5) is 20.2 Å². The average Bonchev–Trinajstić information content (AvgIpc) is 3.10. The fraction of sp³-hybridized carbons (Fsp3) is 0.152. The molecule has 0 spiro atoms. The predicted molar refractivity (Wildman–Crippen MR) is 156 cm³/mol. The quantitative estimate of drug-likeness (QED) is 0.327. The minimum absolute atomic E-state index is 0.122. The number of para-hydroxylation sites is 2. The second kappa shape index (κ2) is 11.6. The minimum Gasteiger partial charge on any atom is -0.359 e. The summed E-state index contributed by atoms with van der Waals surface area (Å²) in [4.78, 5) is 40.0. The molecule has 1 atom stereocenters. The number of benzene rings is 3. The van der Waals surface area contributed by atoms with Crippen LogP contribution in [-0.4, -0.2) is 43.3 Å². The lowest BCUT2D eigenvalue weighted by Crippen LogP contribution is -2.39. The van der Waals surface area contributed by atoms with Crippen molar-refractivity contribution in [2.75, 3.05) is 23.8 Å². The number of anilines is 2. The Labute approximate surface area is 236 Å². The second-order valence-corrected chi connectivity index (χ2v) is 9.63. The molecule has 0 bridgehead atoms. The predicted octanol–water partition coefficient (Wildman–Crippen LogP) is 5.45. The summed E-state index contributed by atoms with van der Waals surface area (Å²) in [5.74, 6) is -2.32. The third-order valence-corrected chi connectivity index (χ3v) is 7.15. The molecule has 3 aromatic carbocycles. The molecule has 1 heterocycles. The zero-order valence-electron chi connectivity index (χ0n) is 22.2. The molecule has 2 aliphatic rings. The lowest BCUT2D eigenvalue weighted by molar-refractivity contribution is -0.116. The van der Waals surface area contributed by atoms with Gasteiger partial charge in [0, 0.05) is 59.7 Å². The molecular formula is C33H27F2N3O3. The van der Waals surface area contributed by atoms with E-state index in [0.29, 0.717) is 22.5 Å². The number of hydrogen-bond acceptors (Lipinski definition) is 4. The van der Waals surface area contributed by atoms with Crippen LogP contribution in [0.5, 0.6) is 0 Å². The Morgan fingerprint density at radius 3 is 2.32 bits per heavy atom. The molecule has 1 unspecified atom stereocenters. The molecular weight excluding hydrogens is 524 g/mol. The lowest BCUT2D eigenvalue weighted by Gasteiger charge is -2.35. The molecule has 0 fully saturated rings. The molecule has 1 aliphatic heterocycles. The third-order valence-electron chi connectivity index (χ3n) is 7.15. The number of hydrogen-bond donors (Lipinski definition) is 2. The number of fused-ring (bicyclic) bond motifs is 1. The van der Waals surface area contributed by atoms with Gasteiger partial charge in [-0.05, 0) is 23.8 Å². The van der Waals surface area contributed by atoms with E-state index >= 15 is 8.78 Å². The maximum Gasteiger partial charge on any atom is 0.275 e. The van der Waals surface area contributed by atoms with Gasteiger partial charge < -0.3 is 15.5 Å². The normalized spacial score (nSPS) is 18.8. The van der Waals surface area contributed by atoms with Gasteiger partial charge in [0.15, 0.2) is 0 Å². The van der Waals surface area contributed by atoms with Crippen molar-refractivity contribution in [1.29, 1.82) is 0 Å². The van der Waals surface area contributed by atoms with E-state index in [9.17, 15) is 14.4 Å². The van der Waals surface area contributed by atoms with Crippen LogP contribution >= 0.6 is 0 Å². The Balaban J connectivity index is 1.63. The monoisotopic (exact) mass is 551 g/mol. The van der Waals surface area contributed by atoms with Gasteiger partial charge in [-0.25, -0.2) is 13.6 Å². The highest BCUT2D eigenvalue weighted by Crippen LogP contribution is 2.45. The number of rotatable bonds is 5. The van der Waals surface area contributed by atoms with Crippen LogP contribution in [0.15, 0.2) is 114 Å². The maximum absolute atomic E-state index is 15.5. The Bertz CT molecular complexity index is 1620. The molecule has 41 heavy (non-hydrogen) atoms. The van der Waals surface area contributed by atoms with E-state index in [2.05, 4.69) is 10.6 Å². The van der Waals surface area contributed by atoms with E-state index < -0.39 is 35.8 Å². The summed E-state index contributed by atoms with van der Waals surface area (Å²) >= 11 is 0. The average molecular weight is 552 g/mol. The van der Waals surface area contributed by atoms with Gasteiger partial charge in [-0.1, -0.05) is 78.9 Å². The standard InChI is InChI=1S/C33H27F2N3O3/c1-36-30(40)20-27-24-14-8-9-15-28(24)38(19-18-33(27,34)35)29-17-16-25(32(41)37-23-12-6-3-7-13-23)31(26(29)21-39)22-10-4-2-5-11-22/h2-17,20,29H,18-19H2,1H3,(H,36,40)(H,37,41). The van der Waals surface area contributed by atoms with E-state index in [1.54, 1.807) is 89.8 Å². The Hall–Kier alpha value is -5.07. The van der Waals surface area contributed by atoms with E-state index in [4.69, 9.17) is 0 Å². The second-order valence-electron chi connectivity index (χ2n) is 9.63. The summed E-state index contributed by atoms with van der Waals surface area (Å²) in [6.45, 7) is -0.122. The summed E-state index contributed by atoms with van der Waals surface area (Å²) in [5, 5.41) is 5.24. The van der Waals surface area contributed by atoms with Gasteiger partial charge in [0.25, 0.3) is 11.8 Å². The molecule has 2 amide bonds. The van der Waals surface area contributed by atoms with Crippen molar-refractivity contribution in [3.8, 4) is 0 Å². The number of carbonyl (C=O) groups is 2. The molecule has 8 heteroatoms. The van der Waals surface area contributed by atoms with Crippen LogP contribution in [0.1, 0.15) is 17.5 Å². The molecule has 6 nitrogen and oxygen atoms in total. The number of halogens is 2. The van der Waals surface area contributed by atoms with Crippen molar-refractivity contribution >= 4 is 40.3 Å². The van der Waals surface area contributed by atoms with Crippen LogP contribution < -0.4 is 15.5 Å². The number of carbonyl (C=O) groups excluding carboxylic acids is 3. The van der Waals surface area contributed by atoms with Gasteiger partial charge in [0.2, 0.25) is 5.91 Å². The van der Waals surface area contributed by atoms with E-state index in [0.717, 1.165) is 6.08 Å². The Morgan fingerprint density at radius 2 is 1.63 bits per heavy atom. The fourth-order valence-corrected chi connectivity index (χ4v) is 5.20. The highest BCUT2D eigenvalue weighted by atomic mass is 19.3. The first-order chi connectivity index (χ1) is 19.8. The van der Waals surface area contributed by atoms with Crippen LogP contribution in [0, 0.1) is 0 Å². The van der Waals surface area contributed by atoms with Gasteiger partial charge in [0.05, 0.1) is 11.6 Å². The summed E-state index contributed by atoms with van der Waals surface area (Å²) in [5.41, 5.74) is 2.21. The van der Waals surface area contributed by atoms with Crippen LogP contribution in [0.3, 0.4) is 0 Å². The molecule has 0 radical (unpaired) electrons. The summed E-state index contributed by atoms with van der Waals surface area (Å²) in [6, 6.07) is 23.7. The van der Waals surface area contributed by atoms with Gasteiger partial charge in [-0.3, -0.25) is 9.59 Å². The summed E-state index contributed by atoms with van der Waals surface area (Å²) in [7, 11) is 1.38. The van der Waals surface area contributed by atoms with Gasteiger partial charge in [-0.15, -0.1) is 0 Å². The van der Waals surface area contributed by atoms with Gasteiger partial charge >= 0.3 is 0 Å². The van der Waals surface area contributed by atoms with Crippen molar-refractivity contribution in [3.05, 3.63) is 125 Å². The van der Waals surface area contributed by atoms with E-state index in [1.807, 2.05) is 18.1 Å². The van der Waals surface area contributed by atoms with Crippen molar-refractivity contribution in [3.63, 3.8) is 0 Å². The zero-order chi connectivity index (χ0) is 29.0. The first-order valence-corrected chi connectivity index (χ1v) is 13.1. The van der Waals surface area contributed by atoms with Crippen LogP contribution in [0.2, 0.25) is 0 Å². The molecule has 206 valence electrons. The molecule has 0 saturated heterocycles. The summed E-state index contributed by atoms with van der Waals surface area (Å²) < 4.78 is 31.0. The number of likely N-dealkylation sites (N-methyl/N-ethyl adjacent to an activating group) is 1. The highest BCUT2D eigenvalue weighted by Gasteiger charge is 2.42. The number of allylic oxidation sites excluding steroid dienone is 1. The maximum atomic E-state index is 15.5. The van der Waals surface area contributed by atoms with Crippen molar-refractivity contribution in [1.82, 2.24) is 5.32 Å². The molecule has 3 aromatic rings. The molecule has 1 aliphatic carbocycles. The summed E-state index contributed by atoms with van der Waals surface area (Å²) in [6.07, 6.45) is 3.62. The topological polar surface area (TPSA) is 78.5 Å².